The van der Waals surface area contributed by atoms with E-state index in [-0.39, 0.29) is 18.2 Å². The Kier molecular flexibility index (Phi) is 10.6. The first kappa shape index (κ1) is 21.0. The van der Waals surface area contributed by atoms with Gasteiger partial charge in [-0.1, -0.05) is 36.5 Å². The molecule has 0 aliphatic rings. The molecule has 3 N–H and O–H groups in total. The Morgan fingerprint density at radius 1 is 1.13 bits per heavy atom. The Morgan fingerprint density at radius 3 is 2.39 bits per heavy atom. The van der Waals surface area contributed by atoms with Gasteiger partial charge in [-0.25, -0.2) is 0 Å². The highest BCUT2D eigenvalue weighted by molar-refractivity contribution is 5.88. The molecule has 0 saturated heterocycles. The van der Waals surface area contributed by atoms with E-state index >= 15 is 0 Å². The molecule has 5 heteroatoms. The van der Waals surface area contributed by atoms with Crippen LogP contribution in [0.1, 0.15) is 33.6 Å². The van der Waals surface area contributed by atoms with Gasteiger partial charge in [0.05, 0.1) is 11.7 Å². The fourth-order valence-corrected chi connectivity index (χ4v) is 1.43. The van der Waals surface area contributed by atoms with E-state index < -0.39 is 11.7 Å². The first-order valence-electron chi connectivity index (χ1n) is 7.57. The molecule has 0 aromatic rings. The summed E-state index contributed by atoms with van der Waals surface area (Å²) in [7, 11) is 0. The maximum absolute atomic E-state index is 11.4. The maximum atomic E-state index is 11.4. The lowest BCUT2D eigenvalue weighted by atomic mass is 10.1. The van der Waals surface area contributed by atoms with Gasteiger partial charge in [0, 0.05) is 12.6 Å². The standard InChI is InChI=1S/C18H27NO4/c1-15(20)10-8-9-12-16(21)11-6-4-5-7-13-17(22)19-14-18(2,3)23/h4-5,7-10,12-13,16,21,23H,6,11,14H2,1-3H3,(H,19,22)/b5-4+,10-8+,12-9+,13-7+. The Labute approximate surface area is 138 Å². The van der Waals surface area contributed by atoms with E-state index in [1.54, 1.807) is 44.2 Å². The van der Waals surface area contributed by atoms with Crippen molar-refractivity contribution in [3.8, 4) is 0 Å². The number of hydrogen-bond donors (Lipinski definition) is 3. The van der Waals surface area contributed by atoms with Crippen LogP contribution in [0.15, 0.2) is 48.6 Å². The Hall–Kier alpha value is -1.98. The summed E-state index contributed by atoms with van der Waals surface area (Å²) in [5.74, 6) is -0.303. The summed E-state index contributed by atoms with van der Waals surface area (Å²) in [6.45, 7) is 4.89. The maximum Gasteiger partial charge on any atom is 0.244 e. The number of rotatable bonds is 10. The van der Waals surface area contributed by atoms with Gasteiger partial charge in [0.15, 0.2) is 5.78 Å². The van der Waals surface area contributed by atoms with Crippen LogP contribution < -0.4 is 5.32 Å². The van der Waals surface area contributed by atoms with Crippen molar-refractivity contribution in [1.29, 1.82) is 0 Å². The molecule has 1 unspecified atom stereocenters. The highest BCUT2D eigenvalue weighted by Crippen LogP contribution is 2.00. The van der Waals surface area contributed by atoms with Gasteiger partial charge in [-0.05, 0) is 39.7 Å². The van der Waals surface area contributed by atoms with Crippen LogP contribution in [0.25, 0.3) is 0 Å². The quantitative estimate of drug-likeness (QED) is 0.423. The molecule has 5 nitrogen and oxygen atoms in total. The topological polar surface area (TPSA) is 86.6 Å². The molecule has 0 saturated carbocycles. The van der Waals surface area contributed by atoms with Crippen LogP contribution >= 0.6 is 0 Å². The molecule has 0 fully saturated rings. The summed E-state index contributed by atoms with van der Waals surface area (Å²) >= 11 is 0. The fraction of sp³-hybridized carbons (Fsp3) is 0.444. The molecule has 23 heavy (non-hydrogen) atoms. The van der Waals surface area contributed by atoms with Gasteiger partial charge in [-0.3, -0.25) is 9.59 Å². The zero-order valence-corrected chi connectivity index (χ0v) is 14.0. The zero-order valence-electron chi connectivity index (χ0n) is 14.0. The van der Waals surface area contributed by atoms with E-state index in [1.165, 1.54) is 19.1 Å². The van der Waals surface area contributed by atoms with Crippen molar-refractivity contribution in [2.45, 2.75) is 45.3 Å². The third-order valence-electron chi connectivity index (χ3n) is 2.59. The van der Waals surface area contributed by atoms with Gasteiger partial charge in [-0.15, -0.1) is 0 Å². The predicted molar refractivity (Wildman–Crippen MR) is 91.8 cm³/mol. The minimum atomic E-state index is -0.928. The third kappa shape index (κ3) is 16.2. The number of ketones is 1. The van der Waals surface area contributed by atoms with E-state index in [2.05, 4.69) is 5.32 Å². The van der Waals surface area contributed by atoms with Crippen LogP contribution in [-0.4, -0.2) is 40.2 Å². The van der Waals surface area contributed by atoms with E-state index in [1.807, 2.05) is 6.08 Å². The first-order chi connectivity index (χ1) is 10.7. The average Bonchev–Trinajstić information content (AvgIpc) is 2.44. The van der Waals surface area contributed by atoms with Gasteiger partial charge in [0.2, 0.25) is 5.91 Å². The number of carbonyl (C=O) groups excluding carboxylic acids is 2. The summed E-state index contributed by atoms with van der Waals surface area (Å²) in [6.07, 6.45) is 13.5. The summed E-state index contributed by atoms with van der Waals surface area (Å²) in [4.78, 5) is 22.1. The highest BCUT2D eigenvalue weighted by atomic mass is 16.3. The van der Waals surface area contributed by atoms with Crippen molar-refractivity contribution in [3.05, 3.63) is 48.6 Å². The van der Waals surface area contributed by atoms with Crippen molar-refractivity contribution in [2.24, 2.45) is 0 Å². The average molecular weight is 321 g/mol. The molecule has 0 aliphatic carbocycles. The molecule has 1 atom stereocenters. The van der Waals surface area contributed by atoms with Gasteiger partial charge < -0.3 is 15.5 Å². The second-order valence-corrected chi connectivity index (χ2v) is 5.82. The Bertz CT molecular complexity index is 482. The normalized spacial score (nSPS) is 14.3. The van der Waals surface area contributed by atoms with Crippen molar-refractivity contribution in [2.75, 3.05) is 6.54 Å². The molecule has 0 aliphatic heterocycles. The third-order valence-corrected chi connectivity index (χ3v) is 2.59. The molecule has 0 aromatic heterocycles. The predicted octanol–water partition coefficient (Wildman–Crippen LogP) is 1.83. The number of amides is 1. The molecule has 1 amide bonds. The van der Waals surface area contributed by atoms with Crippen LogP contribution in [0.4, 0.5) is 0 Å². The second-order valence-electron chi connectivity index (χ2n) is 5.82. The molecule has 0 spiro atoms. The van der Waals surface area contributed by atoms with E-state index in [0.29, 0.717) is 12.8 Å². The van der Waals surface area contributed by atoms with Crippen LogP contribution in [0.5, 0.6) is 0 Å². The van der Waals surface area contributed by atoms with E-state index in [4.69, 9.17) is 0 Å². The minimum Gasteiger partial charge on any atom is -0.389 e. The number of carbonyl (C=O) groups is 2. The molecule has 128 valence electrons. The van der Waals surface area contributed by atoms with Crippen molar-refractivity contribution in [1.82, 2.24) is 5.32 Å². The lowest BCUT2D eigenvalue weighted by Crippen LogP contribution is -2.37. The van der Waals surface area contributed by atoms with Gasteiger partial charge >= 0.3 is 0 Å². The fourth-order valence-electron chi connectivity index (χ4n) is 1.43. The van der Waals surface area contributed by atoms with Crippen LogP contribution in [-0.2, 0) is 9.59 Å². The largest absolute Gasteiger partial charge is 0.389 e. The number of allylic oxidation sites excluding steroid dienone is 6. The lowest BCUT2D eigenvalue weighted by Gasteiger charge is -2.16. The molecular formula is C18H27NO4. The molecular weight excluding hydrogens is 294 g/mol. The summed E-state index contributed by atoms with van der Waals surface area (Å²) in [5.41, 5.74) is -0.928. The number of hydrogen-bond acceptors (Lipinski definition) is 4. The minimum absolute atomic E-state index is 0.0366. The summed E-state index contributed by atoms with van der Waals surface area (Å²) in [5, 5.41) is 21.7. The molecule has 0 radical (unpaired) electrons. The monoisotopic (exact) mass is 321 g/mol. The number of aliphatic hydroxyl groups is 2. The molecule has 0 rings (SSSR count). The first-order valence-corrected chi connectivity index (χ1v) is 7.57. The van der Waals surface area contributed by atoms with Crippen molar-refractivity contribution >= 4 is 11.7 Å². The van der Waals surface area contributed by atoms with E-state index in [9.17, 15) is 19.8 Å². The number of nitrogens with one attached hydrogen (secondary N) is 1. The van der Waals surface area contributed by atoms with Crippen LogP contribution in [0.2, 0.25) is 0 Å². The smallest absolute Gasteiger partial charge is 0.244 e. The van der Waals surface area contributed by atoms with Gasteiger partial charge in [0.25, 0.3) is 0 Å². The Morgan fingerprint density at radius 2 is 1.78 bits per heavy atom. The lowest BCUT2D eigenvalue weighted by molar-refractivity contribution is -0.117. The van der Waals surface area contributed by atoms with Crippen LogP contribution in [0.3, 0.4) is 0 Å². The van der Waals surface area contributed by atoms with Crippen molar-refractivity contribution in [3.63, 3.8) is 0 Å². The Balaban J connectivity index is 3.91. The number of aliphatic hydroxyl groups excluding tert-OH is 1. The molecule has 0 aromatic carbocycles. The zero-order chi connectivity index (χ0) is 17.7. The van der Waals surface area contributed by atoms with Gasteiger partial charge in [0.1, 0.15) is 0 Å². The summed E-state index contributed by atoms with van der Waals surface area (Å²) in [6, 6.07) is 0. The van der Waals surface area contributed by atoms with E-state index in [0.717, 1.165) is 0 Å². The van der Waals surface area contributed by atoms with Crippen molar-refractivity contribution < 1.29 is 19.8 Å². The highest BCUT2D eigenvalue weighted by Gasteiger charge is 2.12. The summed E-state index contributed by atoms with van der Waals surface area (Å²) < 4.78 is 0. The second kappa shape index (κ2) is 11.6. The molecule has 0 heterocycles. The molecule has 0 bridgehead atoms. The van der Waals surface area contributed by atoms with Gasteiger partial charge in [-0.2, -0.15) is 0 Å². The SMILES string of the molecule is CC(=O)/C=C/C=C/C(O)CC/C=C/C=C/C(=O)NCC(C)(C)O. The van der Waals surface area contributed by atoms with Crippen LogP contribution in [0, 0.1) is 0 Å².